The van der Waals surface area contributed by atoms with Gasteiger partial charge in [0.05, 0.1) is 36.8 Å². The van der Waals surface area contributed by atoms with Crippen molar-refractivity contribution in [1.29, 1.82) is 0 Å². The second-order valence-electron chi connectivity index (χ2n) is 6.27. The molecular formula is C20H17F3N4O4S2. The number of halogens is 3. The predicted octanol–water partition coefficient (Wildman–Crippen LogP) is 4.56. The maximum Gasteiger partial charge on any atom is 0.417 e. The van der Waals surface area contributed by atoms with Crippen LogP contribution in [0.15, 0.2) is 46.8 Å². The number of aromatic nitrogens is 2. The molecule has 1 aromatic heterocycles. The quantitative estimate of drug-likeness (QED) is 0.347. The Morgan fingerprint density at radius 2 is 1.82 bits per heavy atom. The van der Waals surface area contributed by atoms with E-state index >= 15 is 0 Å². The van der Waals surface area contributed by atoms with Crippen molar-refractivity contribution in [2.75, 3.05) is 30.6 Å². The molecule has 0 saturated heterocycles. The van der Waals surface area contributed by atoms with Gasteiger partial charge in [0, 0.05) is 6.07 Å². The van der Waals surface area contributed by atoms with Crippen LogP contribution in [0.1, 0.15) is 15.9 Å². The molecule has 0 aliphatic heterocycles. The van der Waals surface area contributed by atoms with Gasteiger partial charge in [-0.2, -0.15) is 13.2 Å². The molecule has 0 aliphatic rings. The number of thioether (sulfide) groups is 1. The van der Waals surface area contributed by atoms with Crippen molar-refractivity contribution in [3.8, 4) is 11.5 Å². The summed E-state index contributed by atoms with van der Waals surface area (Å²) < 4.78 is 50.0. The van der Waals surface area contributed by atoms with Crippen molar-refractivity contribution in [2.45, 2.75) is 10.5 Å². The van der Waals surface area contributed by atoms with Gasteiger partial charge in [-0.05, 0) is 24.3 Å². The van der Waals surface area contributed by atoms with E-state index in [9.17, 15) is 22.8 Å². The summed E-state index contributed by atoms with van der Waals surface area (Å²) in [5, 5.41) is 12.6. The molecule has 1 heterocycles. The molecule has 3 rings (SSSR count). The summed E-state index contributed by atoms with van der Waals surface area (Å²) in [5.41, 5.74) is -1.15. The van der Waals surface area contributed by atoms with E-state index in [1.807, 2.05) is 0 Å². The molecule has 33 heavy (non-hydrogen) atoms. The molecule has 0 spiro atoms. The van der Waals surface area contributed by atoms with Gasteiger partial charge in [-0.3, -0.25) is 14.9 Å². The summed E-state index contributed by atoms with van der Waals surface area (Å²) in [6.07, 6.45) is -4.67. The molecule has 0 fully saturated rings. The van der Waals surface area contributed by atoms with Gasteiger partial charge in [-0.25, -0.2) is 0 Å². The zero-order valence-corrected chi connectivity index (χ0v) is 18.9. The van der Waals surface area contributed by atoms with E-state index in [0.717, 1.165) is 35.2 Å². The van der Waals surface area contributed by atoms with Crippen LogP contribution in [0, 0.1) is 0 Å². The number of hydrogen-bond donors (Lipinski definition) is 2. The summed E-state index contributed by atoms with van der Waals surface area (Å²) in [6.45, 7) is 0. The molecule has 0 atom stereocenters. The molecule has 0 saturated carbocycles. The maximum atomic E-state index is 13.1. The largest absolute Gasteiger partial charge is 0.497 e. The standard InChI is InChI=1S/C20H17F3N4O4S2/c1-30-11-7-8-15(31-2)14(9-11)24-16(28)10-32-19-27-26-18(33-19)25-17(29)12-5-3-4-6-13(12)20(21,22)23/h3-9H,10H2,1-2H3,(H,24,28)(H,25,26,29). The number of nitrogens with zero attached hydrogens (tertiary/aromatic N) is 2. The van der Waals surface area contributed by atoms with Gasteiger partial charge in [-0.15, -0.1) is 10.2 Å². The number of hydrogen-bond acceptors (Lipinski definition) is 8. The zero-order chi connectivity index (χ0) is 24.0. The predicted molar refractivity (Wildman–Crippen MR) is 118 cm³/mol. The Kier molecular flexibility index (Phi) is 7.76. The first-order chi connectivity index (χ1) is 15.7. The molecule has 13 heteroatoms. The van der Waals surface area contributed by atoms with Crippen LogP contribution < -0.4 is 20.1 Å². The minimum Gasteiger partial charge on any atom is -0.497 e. The number of benzene rings is 2. The number of amides is 2. The highest BCUT2D eigenvalue weighted by Crippen LogP contribution is 2.33. The van der Waals surface area contributed by atoms with Crippen molar-refractivity contribution in [3.05, 3.63) is 53.6 Å². The van der Waals surface area contributed by atoms with Crippen molar-refractivity contribution >= 4 is 45.7 Å². The highest BCUT2D eigenvalue weighted by atomic mass is 32.2. The highest BCUT2D eigenvalue weighted by molar-refractivity contribution is 8.01. The van der Waals surface area contributed by atoms with Gasteiger partial charge in [0.15, 0.2) is 4.34 Å². The number of methoxy groups -OCH3 is 2. The van der Waals surface area contributed by atoms with E-state index in [2.05, 4.69) is 20.8 Å². The molecule has 0 unspecified atom stereocenters. The number of nitrogens with one attached hydrogen (secondary N) is 2. The SMILES string of the molecule is COc1ccc(OC)c(NC(=O)CSc2nnc(NC(=O)c3ccccc3C(F)(F)F)s2)c1. The zero-order valence-electron chi connectivity index (χ0n) is 17.2. The van der Waals surface area contributed by atoms with E-state index in [-0.39, 0.29) is 16.8 Å². The number of carbonyl (C=O) groups excluding carboxylic acids is 2. The third-order valence-electron chi connectivity index (χ3n) is 4.11. The van der Waals surface area contributed by atoms with Crippen LogP contribution in [-0.4, -0.2) is 42.0 Å². The highest BCUT2D eigenvalue weighted by Gasteiger charge is 2.35. The minimum atomic E-state index is -4.67. The van der Waals surface area contributed by atoms with E-state index in [1.165, 1.54) is 26.4 Å². The van der Waals surface area contributed by atoms with Gasteiger partial charge in [-0.1, -0.05) is 35.2 Å². The van der Waals surface area contributed by atoms with Crippen molar-refractivity contribution in [1.82, 2.24) is 10.2 Å². The lowest BCUT2D eigenvalue weighted by Crippen LogP contribution is -2.18. The average molecular weight is 499 g/mol. The Labute approximate surface area is 194 Å². The molecular weight excluding hydrogens is 481 g/mol. The van der Waals surface area contributed by atoms with Crippen LogP contribution in [0.4, 0.5) is 24.0 Å². The maximum absolute atomic E-state index is 13.1. The number of ether oxygens (including phenoxy) is 2. The fourth-order valence-electron chi connectivity index (χ4n) is 2.64. The van der Waals surface area contributed by atoms with Gasteiger partial charge in [0.25, 0.3) is 5.91 Å². The molecule has 2 aromatic carbocycles. The summed E-state index contributed by atoms with van der Waals surface area (Å²) >= 11 is 1.99. The summed E-state index contributed by atoms with van der Waals surface area (Å²) in [7, 11) is 2.97. The molecule has 8 nitrogen and oxygen atoms in total. The van der Waals surface area contributed by atoms with Crippen LogP contribution >= 0.6 is 23.1 Å². The summed E-state index contributed by atoms with van der Waals surface area (Å²) in [6, 6.07) is 9.38. The van der Waals surface area contributed by atoms with E-state index in [4.69, 9.17) is 9.47 Å². The Balaban J connectivity index is 1.60. The molecule has 3 aromatic rings. The number of alkyl halides is 3. The molecule has 0 aliphatic carbocycles. The fourth-order valence-corrected chi connectivity index (χ4v) is 4.18. The van der Waals surface area contributed by atoms with Crippen molar-refractivity contribution in [3.63, 3.8) is 0 Å². The minimum absolute atomic E-state index is 0.00866. The van der Waals surface area contributed by atoms with E-state index in [1.54, 1.807) is 18.2 Å². The summed E-state index contributed by atoms with van der Waals surface area (Å²) in [5.74, 6) is -0.352. The Morgan fingerprint density at radius 3 is 2.52 bits per heavy atom. The average Bonchev–Trinajstić information content (AvgIpc) is 3.24. The topological polar surface area (TPSA) is 102 Å². The van der Waals surface area contributed by atoms with Gasteiger partial charge < -0.3 is 14.8 Å². The molecule has 2 amide bonds. The monoisotopic (exact) mass is 498 g/mol. The Hall–Kier alpha value is -3.32. The second-order valence-corrected chi connectivity index (χ2v) is 8.47. The van der Waals surface area contributed by atoms with Crippen LogP contribution in [0.3, 0.4) is 0 Å². The van der Waals surface area contributed by atoms with Crippen LogP contribution in [0.2, 0.25) is 0 Å². The number of carbonyl (C=O) groups is 2. The van der Waals surface area contributed by atoms with Crippen molar-refractivity contribution < 1.29 is 32.2 Å². The summed E-state index contributed by atoms with van der Waals surface area (Å²) in [4.78, 5) is 24.6. The van der Waals surface area contributed by atoms with Gasteiger partial charge >= 0.3 is 6.18 Å². The van der Waals surface area contributed by atoms with Crippen molar-refractivity contribution in [2.24, 2.45) is 0 Å². The fraction of sp³-hybridized carbons (Fsp3) is 0.200. The number of anilines is 2. The van der Waals surface area contributed by atoms with Gasteiger partial charge in [0.2, 0.25) is 11.0 Å². The number of rotatable bonds is 8. The molecule has 0 radical (unpaired) electrons. The second kappa shape index (κ2) is 10.5. The smallest absolute Gasteiger partial charge is 0.417 e. The molecule has 174 valence electrons. The Bertz CT molecular complexity index is 1150. The first-order valence-corrected chi connectivity index (χ1v) is 11.0. The lowest BCUT2D eigenvalue weighted by Gasteiger charge is -2.11. The third-order valence-corrected chi connectivity index (χ3v) is 6.08. The molecule has 2 N–H and O–H groups in total. The lowest BCUT2D eigenvalue weighted by molar-refractivity contribution is -0.137. The lowest BCUT2D eigenvalue weighted by atomic mass is 10.1. The first-order valence-electron chi connectivity index (χ1n) is 9.17. The third kappa shape index (κ3) is 6.35. The first kappa shape index (κ1) is 24.3. The van der Waals surface area contributed by atoms with Crippen LogP contribution in [0.5, 0.6) is 11.5 Å². The van der Waals surface area contributed by atoms with Gasteiger partial charge in [0.1, 0.15) is 11.5 Å². The van der Waals surface area contributed by atoms with Crippen LogP contribution in [-0.2, 0) is 11.0 Å². The normalized spacial score (nSPS) is 11.1. The Morgan fingerprint density at radius 1 is 1.06 bits per heavy atom. The van der Waals surface area contributed by atoms with E-state index in [0.29, 0.717) is 21.5 Å². The molecule has 0 bridgehead atoms. The van der Waals surface area contributed by atoms with Crippen LogP contribution in [0.25, 0.3) is 0 Å². The van der Waals surface area contributed by atoms with E-state index < -0.39 is 23.2 Å².